The largest absolute Gasteiger partial charge is 0.268 e. The van der Waals surface area contributed by atoms with Gasteiger partial charge >= 0.3 is 0 Å². The lowest BCUT2D eigenvalue weighted by molar-refractivity contribution is -0.422. The van der Waals surface area contributed by atoms with Gasteiger partial charge in [-0.3, -0.25) is 10.1 Å². The van der Waals surface area contributed by atoms with Gasteiger partial charge in [-0.05, 0) is 24.8 Å². The maximum atomic E-state index is 10.6. The molecule has 0 aliphatic heterocycles. The molecular weight excluding hydrogens is 178 g/mol. The van der Waals surface area contributed by atoms with Gasteiger partial charge < -0.3 is 0 Å². The summed E-state index contributed by atoms with van der Waals surface area (Å²) >= 11 is 0. The predicted octanol–water partition coefficient (Wildman–Crippen LogP) is 3.55. The summed E-state index contributed by atoms with van der Waals surface area (Å²) < 4.78 is 0. The smallest absolute Gasteiger partial charge is 0.258 e. The lowest BCUT2D eigenvalue weighted by atomic mass is 9.94. The predicted molar refractivity (Wildman–Crippen MR) is 58.6 cm³/mol. The summed E-state index contributed by atoms with van der Waals surface area (Å²) in [5.74, 6) is 0.252. The van der Waals surface area contributed by atoms with E-state index in [4.69, 9.17) is 0 Å². The van der Waals surface area contributed by atoms with Gasteiger partial charge in [-0.25, -0.2) is 0 Å². The summed E-state index contributed by atoms with van der Waals surface area (Å²) in [5.41, 5.74) is 1.18. The molecule has 0 radical (unpaired) electrons. The molecule has 1 aliphatic rings. The van der Waals surface area contributed by atoms with Gasteiger partial charge in [0.05, 0.1) is 4.92 Å². The van der Waals surface area contributed by atoms with Gasteiger partial charge in [-0.15, -0.1) is 0 Å². The zero-order chi connectivity index (χ0) is 11.1. The van der Waals surface area contributed by atoms with E-state index in [2.05, 4.69) is 0 Å². The van der Waals surface area contributed by atoms with Gasteiger partial charge in [0.15, 0.2) is 0 Å². The van der Waals surface area contributed by atoms with E-state index in [0.717, 1.165) is 18.4 Å². The Morgan fingerprint density at radius 2 is 1.79 bits per heavy atom. The van der Waals surface area contributed by atoms with Crippen LogP contribution in [0.3, 0.4) is 0 Å². The molecule has 0 saturated carbocycles. The first-order valence-corrected chi connectivity index (χ1v) is 5.18. The maximum absolute atomic E-state index is 10.6. The van der Waals surface area contributed by atoms with Crippen LogP contribution in [0.5, 0.6) is 0 Å². The van der Waals surface area contributed by atoms with Gasteiger partial charge in [0.1, 0.15) is 0 Å². The number of nitrogens with zero attached hydrogens (tertiary/aromatic N) is 1. The van der Waals surface area contributed by atoms with Gasteiger partial charge in [0, 0.05) is 5.57 Å². The highest BCUT2D eigenvalue weighted by Crippen LogP contribution is 2.25. The van der Waals surface area contributed by atoms with Crippen molar-refractivity contribution in [1.82, 2.24) is 0 Å². The first-order chi connectivity index (χ1) is 6.63. The van der Waals surface area contributed by atoms with E-state index >= 15 is 0 Å². The molecule has 0 spiro atoms. The Bertz CT molecular complexity index is 252. The maximum Gasteiger partial charge on any atom is 0.268 e. The summed E-state index contributed by atoms with van der Waals surface area (Å²) in [6.45, 7) is 7.96. The molecule has 0 aromatic heterocycles. The zero-order valence-corrected chi connectivity index (χ0v) is 9.41. The minimum absolute atomic E-state index is 0.252. The minimum Gasteiger partial charge on any atom is -0.258 e. The molecule has 14 heavy (non-hydrogen) atoms. The highest BCUT2D eigenvalue weighted by molar-refractivity contribution is 5.29. The molecule has 0 unspecified atom stereocenters. The summed E-state index contributed by atoms with van der Waals surface area (Å²) in [5, 5.41) is 10.6. The van der Waals surface area contributed by atoms with E-state index in [1.165, 1.54) is 0 Å². The molecule has 0 N–H and O–H groups in total. The van der Waals surface area contributed by atoms with E-state index in [1.54, 1.807) is 6.08 Å². The van der Waals surface area contributed by atoms with Crippen LogP contribution in [0.1, 0.15) is 40.5 Å². The van der Waals surface area contributed by atoms with Crippen LogP contribution in [-0.2, 0) is 0 Å². The molecule has 3 nitrogen and oxygen atoms in total. The Morgan fingerprint density at radius 1 is 1.29 bits per heavy atom. The normalized spacial score (nSPS) is 15.2. The van der Waals surface area contributed by atoms with Crippen molar-refractivity contribution in [3.63, 3.8) is 0 Å². The fourth-order valence-corrected chi connectivity index (χ4v) is 1.39. The molecule has 0 bridgehead atoms. The van der Waals surface area contributed by atoms with Crippen LogP contribution < -0.4 is 0 Å². The standard InChI is InChI=1S/C9H13NO2.C2H6/c1-7(2)8-5-3-4-6-9(8)10(11)12;1-2/h5-7H,3-4H2,1-2H3;1-2H3. The summed E-state index contributed by atoms with van der Waals surface area (Å²) in [7, 11) is 0. The van der Waals surface area contributed by atoms with Gasteiger partial charge in [-0.1, -0.05) is 33.8 Å². The third-order valence-electron chi connectivity index (χ3n) is 1.98. The third kappa shape index (κ3) is 3.32. The van der Waals surface area contributed by atoms with Crippen LogP contribution >= 0.6 is 0 Å². The number of nitro groups is 1. The Balaban J connectivity index is 0.000000791. The highest BCUT2D eigenvalue weighted by atomic mass is 16.6. The van der Waals surface area contributed by atoms with Crippen LogP contribution in [0.25, 0.3) is 0 Å². The number of hydrogen-bond donors (Lipinski definition) is 0. The molecule has 0 heterocycles. The van der Waals surface area contributed by atoms with E-state index in [-0.39, 0.29) is 10.8 Å². The van der Waals surface area contributed by atoms with E-state index in [1.807, 2.05) is 33.8 Å². The molecule has 0 fully saturated rings. The van der Waals surface area contributed by atoms with Crippen LogP contribution in [0.2, 0.25) is 0 Å². The number of hydrogen-bond acceptors (Lipinski definition) is 2. The van der Waals surface area contributed by atoms with Crippen molar-refractivity contribution in [3.8, 4) is 0 Å². The Hall–Kier alpha value is -1.12. The molecule has 0 atom stereocenters. The van der Waals surface area contributed by atoms with Crippen molar-refractivity contribution >= 4 is 0 Å². The first kappa shape index (κ1) is 12.9. The second-order valence-corrected chi connectivity index (χ2v) is 3.24. The van der Waals surface area contributed by atoms with Crippen LogP contribution in [-0.4, -0.2) is 4.92 Å². The van der Waals surface area contributed by atoms with E-state index in [9.17, 15) is 10.1 Å². The summed E-state index contributed by atoms with van der Waals surface area (Å²) in [6.07, 6.45) is 5.43. The molecule has 0 aromatic rings. The highest BCUT2D eigenvalue weighted by Gasteiger charge is 2.21. The Kier molecular flexibility index (Phi) is 5.84. The third-order valence-corrected chi connectivity index (χ3v) is 1.98. The van der Waals surface area contributed by atoms with E-state index < -0.39 is 0 Å². The van der Waals surface area contributed by atoms with E-state index in [0.29, 0.717) is 5.70 Å². The SMILES string of the molecule is CC.CC(C)C1=CCCC=C1[N+](=O)[O-]. The second-order valence-electron chi connectivity index (χ2n) is 3.24. The molecule has 3 heteroatoms. The summed E-state index contributed by atoms with van der Waals surface area (Å²) in [4.78, 5) is 10.3. The topological polar surface area (TPSA) is 43.1 Å². The zero-order valence-electron chi connectivity index (χ0n) is 9.41. The number of allylic oxidation sites excluding steroid dienone is 3. The Morgan fingerprint density at radius 3 is 2.14 bits per heavy atom. The first-order valence-electron chi connectivity index (χ1n) is 5.18. The molecular formula is C11H19NO2. The van der Waals surface area contributed by atoms with Gasteiger partial charge in [0.2, 0.25) is 0 Å². The molecule has 1 rings (SSSR count). The van der Waals surface area contributed by atoms with Crippen LogP contribution in [0.4, 0.5) is 0 Å². The van der Waals surface area contributed by atoms with Crippen molar-refractivity contribution in [2.24, 2.45) is 5.92 Å². The monoisotopic (exact) mass is 197 g/mol. The van der Waals surface area contributed by atoms with Crippen molar-refractivity contribution in [2.45, 2.75) is 40.5 Å². The van der Waals surface area contributed by atoms with Crippen molar-refractivity contribution in [2.75, 3.05) is 0 Å². The fourth-order valence-electron chi connectivity index (χ4n) is 1.39. The van der Waals surface area contributed by atoms with Gasteiger partial charge in [-0.2, -0.15) is 0 Å². The number of rotatable bonds is 2. The molecule has 0 amide bonds. The van der Waals surface area contributed by atoms with Crippen molar-refractivity contribution in [1.29, 1.82) is 0 Å². The fraction of sp³-hybridized carbons (Fsp3) is 0.636. The Labute approximate surface area is 85.7 Å². The van der Waals surface area contributed by atoms with Crippen LogP contribution in [0, 0.1) is 16.0 Å². The lowest BCUT2D eigenvalue weighted by Gasteiger charge is -2.11. The molecule has 1 aliphatic carbocycles. The average Bonchev–Trinajstić information content (AvgIpc) is 2.20. The van der Waals surface area contributed by atoms with Gasteiger partial charge in [0.25, 0.3) is 5.70 Å². The lowest BCUT2D eigenvalue weighted by Crippen LogP contribution is -2.09. The molecule has 80 valence electrons. The van der Waals surface area contributed by atoms with Crippen LogP contribution in [0.15, 0.2) is 23.4 Å². The minimum atomic E-state index is -0.287. The molecule has 0 aromatic carbocycles. The second kappa shape index (κ2) is 6.35. The van der Waals surface area contributed by atoms with Crippen molar-refractivity contribution < 1.29 is 4.92 Å². The summed E-state index contributed by atoms with van der Waals surface area (Å²) in [6, 6.07) is 0. The molecule has 0 saturated heterocycles. The quantitative estimate of drug-likeness (QED) is 0.502. The average molecular weight is 197 g/mol. The van der Waals surface area contributed by atoms with Crippen molar-refractivity contribution in [3.05, 3.63) is 33.5 Å².